The summed E-state index contributed by atoms with van der Waals surface area (Å²) in [5.41, 5.74) is 2.78. The van der Waals surface area contributed by atoms with Crippen molar-refractivity contribution in [3.63, 3.8) is 0 Å². The third-order valence-electron chi connectivity index (χ3n) is 4.20. The number of anilines is 1. The quantitative estimate of drug-likeness (QED) is 0.807. The highest BCUT2D eigenvalue weighted by molar-refractivity contribution is 5.48. The van der Waals surface area contributed by atoms with E-state index < -0.39 is 0 Å². The Balaban J connectivity index is 2.02. The molecule has 0 N–H and O–H groups in total. The van der Waals surface area contributed by atoms with E-state index in [1.54, 1.807) is 0 Å². The molecule has 0 amide bonds. The molecule has 2 rings (SSSR count). The van der Waals surface area contributed by atoms with E-state index in [0.29, 0.717) is 12.0 Å². The van der Waals surface area contributed by atoms with Gasteiger partial charge in [0.25, 0.3) is 0 Å². The molecule has 0 aliphatic carbocycles. The minimum absolute atomic E-state index is 0.618. The monoisotopic (exact) mass is 246 g/mol. The van der Waals surface area contributed by atoms with Crippen LogP contribution in [0.1, 0.15) is 38.2 Å². The van der Waals surface area contributed by atoms with Crippen molar-refractivity contribution >= 4 is 5.69 Å². The topological polar surface area (TPSA) is 6.48 Å². The lowest BCUT2D eigenvalue weighted by Gasteiger charge is -2.36. The van der Waals surface area contributed by atoms with Crippen LogP contribution in [0.5, 0.6) is 0 Å². The first-order chi connectivity index (χ1) is 8.58. The highest BCUT2D eigenvalue weighted by Crippen LogP contribution is 2.24. The molecule has 1 aliphatic heterocycles. The van der Waals surface area contributed by atoms with Crippen molar-refractivity contribution in [2.45, 2.75) is 38.6 Å². The van der Waals surface area contributed by atoms with Gasteiger partial charge in [0.1, 0.15) is 0 Å². The Bertz CT molecular complexity index is 361. The van der Waals surface area contributed by atoms with Crippen LogP contribution in [0, 0.1) is 0 Å². The molecule has 1 heterocycles. The molecule has 1 saturated heterocycles. The predicted octanol–water partition coefficient (Wildman–Crippen LogP) is 3.34. The van der Waals surface area contributed by atoms with E-state index in [2.05, 4.69) is 62.0 Å². The van der Waals surface area contributed by atoms with Crippen molar-refractivity contribution in [1.82, 2.24) is 4.90 Å². The molecule has 18 heavy (non-hydrogen) atoms. The predicted molar refractivity (Wildman–Crippen MR) is 79.5 cm³/mol. The van der Waals surface area contributed by atoms with Gasteiger partial charge < -0.3 is 9.80 Å². The van der Waals surface area contributed by atoms with E-state index in [4.69, 9.17) is 0 Å². The summed E-state index contributed by atoms with van der Waals surface area (Å²) in [6.07, 6.45) is 2.55. The molecule has 0 aromatic heterocycles. The number of hydrogen-bond acceptors (Lipinski definition) is 2. The molecule has 2 nitrogen and oxygen atoms in total. The fourth-order valence-corrected chi connectivity index (χ4v) is 2.69. The first-order valence-electron chi connectivity index (χ1n) is 7.09. The third kappa shape index (κ3) is 3.05. The van der Waals surface area contributed by atoms with Gasteiger partial charge in [-0.3, -0.25) is 0 Å². The van der Waals surface area contributed by atoms with Crippen LogP contribution in [0.25, 0.3) is 0 Å². The fourth-order valence-electron chi connectivity index (χ4n) is 2.69. The number of rotatable bonds is 3. The zero-order valence-corrected chi connectivity index (χ0v) is 12.2. The van der Waals surface area contributed by atoms with Gasteiger partial charge in [-0.1, -0.05) is 26.0 Å². The van der Waals surface area contributed by atoms with Gasteiger partial charge >= 0.3 is 0 Å². The van der Waals surface area contributed by atoms with E-state index in [-0.39, 0.29) is 0 Å². The number of piperidine rings is 1. The molecule has 0 radical (unpaired) electrons. The summed E-state index contributed by atoms with van der Waals surface area (Å²) >= 11 is 0. The van der Waals surface area contributed by atoms with E-state index in [0.717, 1.165) is 0 Å². The molecule has 2 heteroatoms. The summed E-state index contributed by atoms with van der Waals surface area (Å²) in [6.45, 7) is 6.93. The first kappa shape index (κ1) is 13.4. The minimum atomic E-state index is 0.618. The Morgan fingerprint density at radius 3 is 2.17 bits per heavy atom. The Morgan fingerprint density at radius 1 is 1.11 bits per heavy atom. The fraction of sp³-hybridized carbons (Fsp3) is 0.625. The highest BCUT2D eigenvalue weighted by atomic mass is 15.2. The molecule has 1 aliphatic rings. The third-order valence-corrected chi connectivity index (χ3v) is 4.20. The molecule has 100 valence electrons. The van der Waals surface area contributed by atoms with Crippen LogP contribution >= 0.6 is 0 Å². The molecule has 0 saturated carbocycles. The lowest BCUT2D eigenvalue weighted by atomic mass is 10.0. The first-order valence-corrected chi connectivity index (χ1v) is 7.09. The summed E-state index contributed by atoms with van der Waals surface area (Å²) in [5, 5.41) is 0. The molecule has 1 aromatic carbocycles. The molecule has 1 fully saturated rings. The van der Waals surface area contributed by atoms with Crippen molar-refractivity contribution in [3.05, 3.63) is 29.8 Å². The normalized spacial score (nSPS) is 18.3. The lowest BCUT2D eigenvalue weighted by Crippen LogP contribution is -2.41. The van der Waals surface area contributed by atoms with Crippen molar-refractivity contribution in [1.29, 1.82) is 0 Å². The average Bonchev–Trinajstić information content (AvgIpc) is 2.39. The van der Waals surface area contributed by atoms with Crippen LogP contribution in [-0.2, 0) is 0 Å². The van der Waals surface area contributed by atoms with Gasteiger partial charge in [0.15, 0.2) is 0 Å². The second-order valence-electron chi connectivity index (χ2n) is 5.89. The second kappa shape index (κ2) is 5.75. The number of benzene rings is 1. The van der Waals surface area contributed by atoms with Crippen LogP contribution in [0.4, 0.5) is 5.69 Å². The average molecular weight is 246 g/mol. The molecule has 0 bridgehead atoms. The van der Waals surface area contributed by atoms with Gasteiger partial charge in [0.2, 0.25) is 0 Å². The van der Waals surface area contributed by atoms with Crippen LogP contribution in [0.3, 0.4) is 0 Å². The summed E-state index contributed by atoms with van der Waals surface area (Å²) in [4.78, 5) is 4.88. The Kier molecular flexibility index (Phi) is 4.28. The standard InChI is InChI=1S/C16H26N2/c1-13(2)14-5-7-15(8-6-14)18(4)16-9-11-17(3)12-10-16/h5-8,13,16H,9-12H2,1-4H3. The Morgan fingerprint density at radius 2 is 1.67 bits per heavy atom. The van der Waals surface area contributed by atoms with Crippen LogP contribution in [0.2, 0.25) is 0 Å². The Labute approximate surface area is 112 Å². The summed E-state index contributed by atoms with van der Waals surface area (Å²) in [5.74, 6) is 0.618. The molecule has 0 unspecified atom stereocenters. The van der Waals surface area contributed by atoms with Gasteiger partial charge in [-0.25, -0.2) is 0 Å². The zero-order chi connectivity index (χ0) is 13.1. The highest BCUT2D eigenvalue weighted by Gasteiger charge is 2.20. The summed E-state index contributed by atoms with van der Waals surface area (Å²) in [6, 6.07) is 9.78. The summed E-state index contributed by atoms with van der Waals surface area (Å²) in [7, 11) is 4.45. The van der Waals surface area contributed by atoms with E-state index in [1.807, 2.05) is 0 Å². The van der Waals surface area contributed by atoms with E-state index in [1.165, 1.54) is 37.2 Å². The maximum atomic E-state index is 2.46. The number of hydrogen-bond donors (Lipinski definition) is 0. The summed E-state index contributed by atoms with van der Waals surface area (Å²) < 4.78 is 0. The SMILES string of the molecule is CC(C)c1ccc(N(C)C2CCN(C)CC2)cc1. The van der Waals surface area contributed by atoms with E-state index in [9.17, 15) is 0 Å². The van der Waals surface area contributed by atoms with Crippen molar-refractivity contribution in [2.75, 3.05) is 32.1 Å². The van der Waals surface area contributed by atoms with Gasteiger partial charge in [-0.2, -0.15) is 0 Å². The smallest absolute Gasteiger partial charge is 0.0366 e. The maximum Gasteiger partial charge on any atom is 0.0366 e. The molecular weight excluding hydrogens is 220 g/mol. The zero-order valence-electron chi connectivity index (χ0n) is 12.2. The van der Waals surface area contributed by atoms with Gasteiger partial charge in [0.05, 0.1) is 0 Å². The van der Waals surface area contributed by atoms with E-state index >= 15 is 0 Å². The number of nitrogens with zero attached hydrogens (tertiary/aromatic N) is 2. The van der Waals surface area contributed by atoms with Crippen molar-refractivity contribution in [2.24, 2.45) is 0 Å². The molecular formula is C16H26N2. The van der Waals surface area contributed by atoms with Crippen LogP contribution in [0.15, 0.2) is 24.3 Å². The van der Waals surface area contributed by atoms with Gasteiger partial charge in [-0.05, 0) is 56.6 Å². The molecule has 0 atom stereocenters. The second-order valence-corrected chi connectivity index (χ2v) is 5.89. The van der Waals surface area contributed by atoms with Crippen LogP contribution in [-0.4, -0.2) is 38.1 Å². The van der Waals surface area contributed by atoms with Crippen molar-refractivity contribution < 1.29 is 0 Å². The minimum Gasteiger partial charge on any atom is -0.372 e. The largest absolute Gasteiger partial charge is 0.372 e. The maximum absolute atomic E-state index is 2.46. The van der Waals surface area contributed by atoms with Gasteiger partial charge in [-0.15, -0.1) is 0 Å². The Hall–Kier alpha value is -1.02. The van der Waals surface area contributed by atoms with Crippen LogP contribution < -0.4 is 4.90 Å². The molecule has 1 aromatic rings. The van der Waals surface area contributed by atoms with Gasteiger partial charge in [0, 0.05) is 18.8 Å². The number of likely N-dealkylation sites (tertiary alicyclic amines) is 1. The lowest BCUT2D eigenvalue weighted by molar-refractivity contribution is 0.253. The van der Waals surface area contributed by atoms with Crippen molar-refractivity contribution in [3.8, 4) is 0 Å². The molecule has 0 spiro atoms.